The molecule has 1 fully saturated rings. The molecule has 0 aliphatic heterocycles. The van der Waals surface area contributed by atoms with Gasteiger partial charge in [-0.2, -0.15) is 5.26 Å². The topological polar surface area (TPSA) is 61.1 Å². The van der Waals surface area contributed by atoms with E-state index in [0.717, 1.165) is 31.3 Å². The van der Waals surface area contributed by atoms with Crippen molar-refractivity contribution in [3.63, 3.8) is 0 Å². The van der Waals surface area contributed by atoms with Crippen LogP contribution in [-0.2, 0) is 4.79 Å². The smallest absolute Gasteiger partial charge is 0.307 e. The Bertz CT molecular complexity index is 363. The van der Waals surface area contributed by atoms with Gasteiger partial charge >= 0.3 is 5.97 Å². The molecule has 0 aromatic rings. The van der Waals surface area contributed by atoms with Crippen molar-refractivity contribution in [2.45, 2.75) is 46.5 Å². The minimum absolute atomic E-state index is 0.0243. The Morgan fingerprint density at radius 2 is 2.12 bits per heavy atom. The third-order valence-electron chi connectivity index (χ3n) is 3.75. The molecule has 1 N–H and O–H groups in total. The first kappa shape index (κ1) is 13.8. The van der Waals surface area contributed by atoms with Crippen LogP contribution in [0.4, 0.5) is 0 Å². The normalized spacial score (nSPS) is 26.4. The maximum atomic E-state index is 11.0. The average Bonchev–Trinajstić information content (AvgIpc) is 2.79. The molecule has 17 heavy (non-hydrogen) atoms. The SMILES string of the molecule is CCCCC/C(C#N)=C\C1C(C(=O)O)C1(C)C. The molecule has 0 heterocycles. The van der Waals surface area contributed by atoms with Crippen molar-refractivity contribution in [3.8, 4) is 6.07 Å². The Morgan fingerprint density at radius 3 is 2.53 bits per heavy atom. The molecule has 1 aliphatic rings. The molecule has 0 amide bonds. The van der Waals surface area contributed by atoms with Crippen LogP contribution in [0.5, 0.6) is 0 Å². The summed E-state index contributed by atoms with van der Waals surface area (Å²) >= 11 is 0. The van der Waals surface area contributed by atoms with E-state index in [2.05, 4.69) is 13.0 Å². The van der Waals surface area contributed by atoms with Gasteiger partial charge in [-0.05, 0) is 24.2 Å². The molecule has 0 aromatic heterocycles. The van der Waals surface area contributed by atoms with Crippen molar-refractivity contribution in [3.05, 3.63) is 11.6 Å². The van der Waals surface area contributed by atoms with Gasteiger partial charge in [-0.1, -0.05) is 39.7 Å². The lowest BCUT2D eigenvalue weighted by molar-refractivity contribution is -0.139. The summed E-state index contributed by atoms with van der Waals surface area (Å²) in [6.45, 7) is 6.03. The summed E-state index contributed by atoms with van der Waals surface area (Å²) in [6, 6.07) is 2.20. The predicted octanol–water partition coefficient (Wildman–Crippen LogP) is 3.37. The Kier molecular flexibility index (Phi) is 4.34. The third-order valence-corrected chi connectivity index (χ3v) is 3.75. The Balaban J connectivity index is 2.62. The van der Waals surface area contributed by atoms with Crippen LogP contribution in [0.2, 0.25) is 0 Å². The number of hydrogen-bond donors (Lipinski definition) is 1. The van der Waals surface area contributed by atoms with Crippen LogP contribution in [0.3, 0.4) is 0 Å². The molecule has 0 saturated heterocycles. The lowest BCUT2D eigenvalue weighted by atomic mass is 10.0. The van der Waals surface area contributed by atoms with E-state index in [9.17, 15) is 4.79 Å². The van der Waals surface area contributed by atoms with E-state index in [0.29, 0.717) is 0 Å². The quantitative estimate of drug-likeness (QED) is 0.567. The zero-order chi connectivity index (χ0) is 13.1. The van der Waals surface area contributed by atoms with Crippen LogP contribution in [-0.4, -0.2) is 11.1 Å². The summed E-state index contributed by atoms with van der Waals surface area (Å²) in [4.78, 5) is 11.0. The number of nitrogens with zero attached hydrogens (tertiary/aromatic N) is 1. The van der Waals surface area contributed by atoms with Gasteiger partial charge < -0.3 is 5.11 Å². The molecule has 1 aliphatic carbocycles. The van der Waals surface area contributed by atoms with Gasteiger partial charge in [0, 0.05) is 5.57 Å². The molecule has 94 valence electrons. The summed E-state index contributed by atoms with van der Waals surface area (Å²) in [7, 11) is 0. The minimum atomic E-state index is -0.748. The zero-order valence-corrected chi connectivity index (χ0v) is 10.9. The molecule has 0 aromatic carbocycles. The first-order valence-corrected chi connectivity index (χ1v) is 6.28. The maximum absolute atomic E-state index is 11.0. The molecule has 3 nitrogen and oxygen atoms in total. The fourth-order valence-corrected chi connectivity index (χ4v) is 2.42. The molecule has 0 bridgehead atoms. The van der Waals surface area contributed by atoms with Crippen molar-refractivity contribution in [2.75, 3.05) is 0 Å². The standard InChI is InChI=1S/C14H21NO2/c1-4-5-6-7-10(9-15)8-11-12(13(16)17)14(11,2)3/h8,11-12H,4-7H2,1-3H3,(H,16,17)/b10-8+. The number of nitriles is 1. The highest BCUT2D eigenvalue weighted by Crippen LogP contribution is 2.59. The molecule has 0 spiro atoms. The third kappa shape index (κ3) is 3.09. The first-order chi connectivity index (χ1) is 7.95. The fourth-order valence-electron chi connectivity index (χ4n) is 2.42. The number of carbonyl (C=O) groups is 1. The molecule has 0 radical (unpaired) electrons. The predicted molar refractivity (Wildman–Crippen MR) is 66.2 cm³/mol. The van der Waals surface area contributed by atoms with Crippen LogP contribution in [0.1, 0.15) is 46.5 Å². The summed E-state index contributed by atoms with van der Waals surface area (Å²) in [6.07, 6.45) is 5.93. The van der Waals surface area contributed by atoms with Gasteiger partial charge in [0.1, 0.15) is 0 Å². The van der Waals surface area contributed by atoms with Crippen LogP contribution in [0.25, 0.3) is 0 Å². The second-order valence-corrected chi connectivity index (χ2v) is 5.42. The Hall–Kier alpha value is -1.30. The molecule has 3 heteroatoms. The largest absolute Gasteiger partial charge is 0.481 e. The van der Waals surface area contributed by atoms with Crippen LogP contribution in [0, 0.1) is 28.6 Å². The molecular weight excluding hydrogens is 214 g/mol. The van der Waals surface area contributed by atoms with E-state index in [4.69, 9.17) is 10.4 Å². The number of hydrogen-bond acceptors (Lipinski definition) is 2. The second-order valence-electron chi connectivity index (χ2n) is 5.42. The van der Waals surface area contributed by atoms with E-state index in [-0.39, 0.29) is 17.3 Å². The van der Waals surface area contributed by atoms with E-state index < -0.39 is 5.97 Å². The lowest BCUT2D eigenvalue weighted by Gasteiger charge is -1.99. The van der Waals surface area contributed by atoms with Crippen LogP contribution < -0.4 is 0 Å². The highest BCUT2D eigenvalue weighted by Gasteiger charge is 2.60. The van der Waals surface area contributed by atoms with Crippen molar-refractivity contribution in [2.24, 2.45) is 17.3 Å². The van der Waals surface area contributed by atoms with Crippen LogP contribution >= 0.6 is 0 Å². The van der Waals surface area contributed by atoms with E-state index in [1.807, 2.05) is 19.9 Å². The molecule has 2 unspecified atom stereocenters. The number of carboxylic acids is 1. The molecule has 2 atom stereocenters. The second kappa shape index (κ2) is 5.35. The molecule has 1 saturated carbocycles. The number of unbranched alkanes of at least 4 members (excludes halogenated alkanes) is 2. The number of allylic oxidation sites excluding steroid dienone is 2. The highest BCUT2D eigenvalue weighted by atomic mass is 16.4. The van der Waals surface area contributed by atoms with E-state index in [1.54, 1.807) is 0 Å². The Morgan fingerprint density at radius 1 is 1.47 bits per heavy atom. The minimum Gasteiger partial charge on any atom is -0.481 e. The summed E-state index contributed by atoms with van der Waals surface area (Å²) in [5.41, 5.74) is 0.555. The average molecular weight is 235 g/mol. The molecule has 1 rings (SSSR count). The van der Waals surface area contributed by atoms with Gasteiger partial charge in [-0.15, -0.1) is 0 Å². The highest BCUT2D eigenvalue weighted by molar-refractivity contribution is 5.76. The van der Waals surface area contributed by atoms with Crippen molar-refractivity contribution < 1.29 is 9.90 Å². The molecular formula is C14H21NO2. The van der Waals surface area contributed by atoms with Crippen molar-refractivity contribution in [1.82, 2.24) is 0 Å². The number of carboxylic acid groups (broad SMARTS) is 1. The van der Waals surface area contributed by atoms with E-state index in [1.165, 1.54) is 0 Å². The zero-order valence-electron chi connectivity index (χ0n) is 10.9. The van der Waals surface area contributed by atoms with Gasteiger partial charge in [-0.3, -0.25) is 4.79 Å². The van der Waals surface area contributed by atoms with Crippen molar-refractivity contribution >= 4 is 5.97 Å². The van der Waals surface area contributed by atoms with Gasteiger partial charge in [0.15, 0.2) is 0 Å². The summed E-state index contributed by atoms with van der Waals surface area (Å²) in [5, 5.41) is 18.1. The number of rotatable bonds is 6. The van der Waals surface area contributed by atoms with Gasteiger partial charge in [-0.25, -0.2) is 0 Å². The van der Waals surface area contributed by atoms with Gasteiger partial charge in [0.05, 0.1) is 12.0 Å². The van der Waals surface area contributed by atoms with Crippen LogP contribution in [0.15, 0.2) is 11.6 Å². The first-order valence-electron chi connectivity index (χ1n) is 6.28. The van der Waals surface area contributed by atoms with E-state index >= 15 is 0 Å². The fraction of sp³-hybridized carbons (Fsp3) is 0.714. The maximum Gasteiger partial charge on any atom is 0.307 e. The van der Waals surface area contributed by atoms with Gasteiger partial charge in [0.25, 0.3) is 0 Å². The monoisotopic (exact) mass is 235 g/mol. The summed E-state index contributed by atoms with van der Waals surface area (Å²) in [5.74, 6) is -1.05. The van der Waals surface area contributed by atoms with Crippen molar-refractivity contribution in [1.29, 1.82) is 5.26 Å². The lowest BCUT2D eigenvalue weighted by Crippen LogP contribution is -2.03. The Labute approximate surface area is 103 Å². The summed E-state index contributed by atoms with van der Waals surface area (Å²) < 4.78 is 0. The van der Waals surface area contributed by atoms with Gasteiger partial charge in [0.2, 0.25) is 0 Å². The number of aliphatic carboxylic acids is 1.